The number of aromatic nitrogens is 1. The van der Waals surface area contributed by atoms with Gasteiger partial charge in [-0.05, 0) is 24.1 Å². The molecule has 3 heteroatoms. The molecule has 0 spiro atoms. The molecule has 2 heterocycles. The first-order chi connectivity index (χ1) is 9.25. The van der Waals surface area contributed by atoms with Gasteiger partial charge in [-0.3, -0.25) is 9.98 Å². The highest BCUT2D eigenvalue weighted by atomic mass is 15.1. The highest BCUT2D eigenvalue weighted by Gasteiger charge is 2.16. The van der Waals surface area contributed by atoms with Gasteiger partial charge in [-0.25, -0.2) is 0 Å². The molecule has 0 fully saturated rings. The lowest BCUT2D eigenvalue weighted by molar-refractivity contribution is 0.941. The van der Waals surface area contributed by atoms with Crippen LogP contribution in [0.4, 0.5) is 5.69 Å². The second kappa shape index (κ2) is 4.84. The summed E-state index contributed by atoms with van der Waals surface area (Å²) in [7, 11) is 4.07. The largest absolute Gasteiger partial charge is 0.378 e. The van der Waals surface area contributed by atoms with Crippen molar-refractivity contribution in [2.24, 2.45) is 4.99 Å². The van der Waals surface area contributed by atoms with E-state index in [1.807, 2.05) is 26.4 Å². The number of pyridine rings is 1. The molecule has 19 heavy (non-hydrogen) atoms. The predicted octanol–water partition coefficient (Wildman–Crippen LogP) is 2.54. The Bertz CT molecular complexity index is 629. The topological polar surface area (TPSA) is 28.5 Å². The molecule has 96 valence electrons. The molecule has 0 bridgehead atoms. The Morgan fingerprint density at radius 1 is 1.11 bits per heavy atom. The fourth-order valence-electron chi connectivity index (χ4n) is 2.39. The summed E-state index contributed by atoms with van der Waals surface area (Å²) in [6, 6.07) is 12.6. The normalized spacial score (nSPS) is 13.7. The zero-order chi connectivity index (χ0) is 13.2. The van der Waals surface area contributed by atoms with E-state index in [4.69, 9.17) is 0 Å². The molecule has 2 aromatic rings. The Labute approximate surface area is 113 Å². The molecule has 3 rings (SSSR count). The van der Waals surface area contributed by atoms with Crippen molar-refractivity contribution >= 4 is 11.4 Å². The molecule has 0 amide bonds. The van der Waals surface area contributed by atoms with E-state index in [2.05, 4.69) is 45.2 Å². The van der Waals surface area contributed by atoms with Crippen LogP contribution < -0.4 is 4.90 Å². The van der Waals surface area contributed by atoms with Crippen molar-refractivity contribution in [1.82, 2.24) is 4.98 Å². The van der Waals surface area contributed by atoms with Crippen molar-refractivity contribution in [3.63, 3.8) is 0 Å². The summed E-state index contributed by atoms with van der Waals surface area (Å²) in [4.78, 5) is 11.2. The maximum Gasteiger partial charge on any atom is 0.0908 e. The molecule has 1 aliphatic heterocycles. The maximum atomic E-state index is 4.68. The Kier molecular flexibility index (Phi) is 3.03. The quantitative estimate of drug-likeness (QED) is 0.820. The van der Waals surface area contributed by atoms with Gasteiger partial charge in [0, 0.05) is 38.1 Å². The first-order valence-corrected chi connectivity index (χ1v) is 6.52. The van der Waals surface area contributed by atoms with Gasteiger partial charge in [-0.1, -0.05) is 24.3 Å². The van der Waals surface area contributed by atoms with E-state index in [0.717, 1.165) is 30.1 Å². The average molecular weight is 251 g/mol. The van der Waals surface area contributed by atoms with Crippen LogP contribution in [0.15, 0.2) is 47.6 Å². The highest BCUT2D eigenvalue weighted by Crippen LogP contribution is 2.21. The number of nitrogens with zero attached hydrogens (tertiary/aromatic N) is 3. The Balaban J connectivity index is 2.07. The summed E-state index contributed by atoms with van der Waals surface area (Å²) in [6.45, 7) is 0.847. The lowest BCUT2D eigenvalue weighted by Crippen LogP contribution is -2.16. The predicted molar refractivity (Wildman–Crippen MR) is 79.2 cm³/mol. The molecule has 0 saturated heterocycles. The van der Waals surface area contributed by atoms with Crippen LogP contribution in [0.5, 0.6) is 0 Å². The van der Waals surface area contributed by atoms with Crippen molar-refractivity contribution in [2.45, 2.75) is 6.42 Å². The number of rotatable bonds is 2. The third-order valence-electron chi connectivity index (χ3n) is 3.43. The van der Waals surface area contributed by atoms with E-state index in [1.165, 1.54) is 11.1 Å². The first-order valence-electron chi connectivity index (χ1n) is 6.52. The highest BCUT2D eigenvalue weighted by molar-refractivity contribution is 6.13. The van der Waals surface area contributed by atoms with Crippen LogP contribution in [0.1, 0.15) is 16.8 Å². The number of benzene rings is 1. The van der Waals surface area contributed by atoms with Crippen LogP contribution in [0, 0.1) is 0 Å². The van der Waals surface area contributed by atoms with E-state index in [1.54, 1.807) is 0 Å². The third-order valence-corrected chi connectivity index (χ3v) is 3.43. The minimum absolute atomic E-state index is 0.847. The number of aliphatic imine (C=N–C) groups is 1. The summed E-state index contributed by atoms with van der Waals surface area (Å²) in [5, 5.41) is 0. The van der Waals surface area contributed by atoms with Crippen LogP contribution in [0.2, 0.25) is 0 Å². The van der Waals surface area contributed by atoms with Gasteiger partial charge in [0.1, 0.15) is 0 Å². The summed E-state index contributed by atoms with van der Waals surface area (Å²) in [6.07, 6.45) is 2.87. The lowest BCUT2D eigenvalue weighted by atomic mass is 9.95. The molecule has 1 aromatic carbocycles. The van der Waals surface area contributed by atoms with Gasteiger partial charge >= 0.3 is 0 Å². The summed E-state index contributed by atoms with van der Waals surface area (Å²) in [5.74, 6) is 0. The average Bonchev–Trinajstić information content (AvgIpc) is 2.47. The zero-order valence-electron chi connectivity index (χ0n) is 11.3. The van der Waals surface area contributed by atoms with Crippen LogP contribution in [-0.4, -0.2) is 31.3 Å². The first kappa shape index (κ1) is 11.9. The van der Waals surface area contributed by atoms with E-state index >= 15 is 0 Å². The lowest BCUT2D eigenvalue weighted by Gasteiger charge is -2.18. The second-order valence-corrected chi connectivity index (χ2v) is 4.93. The Hall–Kier alpha value is -2.16. The third kappa shape index (κ3) is 2.24. The molecule has 0 unspecified atom stereocenters. The minimum atomic E-state index is 0.847. The monoisotopic (exact) mass is 251 g/mol. The Morgan fingerprint density at radius 2 is 1.95 bits per heavy atom. The molecule has 1 aliphatic rings. The van der Waals surface area contributed by atoms with Crippen molar-refractivity contribution in [2.75, 3.05) is 25.5 Å². The molecule has 1 aromatic heterocycles. The van der Waals surface area contributed by atoms with Crippen LogP contribution in [0.25, 0.3) is 0 Å². The molecular formula is C16H17N3. The SMILES string of the molecule is CN(C)c1ccnc(C2=NCCc3ccccc32)c1. The molecule has 0 N–H and O–H groups in total. The van der Waals surface area contributed by atoms with E-state index in [-0.39, 0.29) is 0 Å². The van der Waals surface area contributed by atoms with Crippen LogP contribution >= 0.6 is 0 Å². The van der Waals surface area contributed by atoms with Gasteiger partial charge in [-0.2, -0.15) is 0 Å². The molecule has 0 saturated carbocycles. The van der Waals surface area contributed by atoms with Crippen LogP contribution in [0.3, 0.4) is 0 Å². The molecular weight excluding hydrogens is 234 g/mol. The van der Waals surface area contributed by atoms with Gasteiger partial charge < -0.3 is 4.90 Å². The van der Waals surface area contributed by atoms with E-state index in [9.17, 15) is 0 Å². The van der Waals surface area contributed by atoms with Gasteiger partial charge in [0.05, 0.1) is 11.4 Å². The van der Waals surface area contributed by atoms with Crippen molar-refractivity contribution < 1.29 is 0 Å². The maximum absolute atomic E-state index is 4.68. The smallest absolute Gasteiger partial charge is 0.0908 e. The second-order valence-electron chi connectivity index (χ2n) is 4.93. The molecule has 0 atom stereocenters. The van der Waals surface area contributed by atoms with Crippen LogP contribution in [-0.2, 0) is 6.42 Å². The fourth-order valence-corrected chi connectivity index (χ4v) is 2.39. The number of hydrogen-bond donors (Lipinski definition) is 0. The standard InChI is InChI=1S/C16H17N3/c1-19(2)13-8-10-17-15(11-13)16-14-6-4-3-5-12(14)7-9-18-16/h3-6,8,10-11H,7,9H2,1-2H3. The van der Waals surface area contributed by atoms with E-state index < -0.39 is 0 Å². The fraction of sp³-hybridized carbons (Fsp3) is 0.250. The van der Waals surface area contributed by atoms with Crippen molar-refractivity contribution in [3.8, 4) is 0 Å². The number of fused-ring (bicyclic) bond motifs is 1. The molecule has 0 radical (unpaired) electrons. The minimum Gasteiger partial charge on any atom is -0.378 e. The Morgan fingerprint density at radius 3 is 2.79 bits per heavy atom. The van der Waals surface area contributed by atoms with Crippen molar-refractivity contribution in [1.29, 1.82) is 0 Å². The van der Waals surface area contributed by atoms with Gasteiger partial charge in [0.15, 0.2) is 0 Å². The van der Waals surface area contributed by atoms with Gasteiger partial charge in [-0.15, -0.1) is 0 Å². The van der Waals surface area contributed by atoms with E-state index in [0.29, 0.717) is 0 Å². The van der Waals surface area contributed by atoms with Gasteiger partial charge in [0.2, 0.25) is 0 Å². The molecule has 3 nitrogen and oxygen atoms in total. The summed E-state index contributed by atoms with van der Waals surface area (Å²) < 4.78 is 0. The number of anilines is 1. The number of hydrogen-bond acceptors (Lipinski definition) is 3. The summed E-state index contributed by atoms with van der Waals surface area (Å²) >= 11 is 0. The molecule has 0 aliphatic carbocycles. The zero-order valence-corrected chi connectivity index (χ0v) is 11.3. The van der Waals surface area contributed by atoms with Gasteiger partial charge in [0.25, 0.3) is 0 Å². The summed E-state index contributed by atoms with van der Waals surface area (Å²) in [5.41, 5.74) is 5.71. The van der Waals surface area contributed by atoms with Crippen molar-refractivity contribution in [3.05, 3.63) is 59.4 Å².